The smallest absolute Gasteiger partial charge is 0.374 e. The third kappa shape index (κ3) is 1.85. The summed E-state index contributed by atoms with van der Waals surface area (Å²) in [5.74, 6) is 4.91. The second-order valence-electron chi connectivity index (χ2n) is 3.05. The molecule has 0 amide bonds. The summed E-state index contributed by atoms with van der Waals surface area (Å²) < 4.78 is 10.2. The molecule has 3 N–H and O–H groups in total. The van der Waals surface area contributed by atoms with Crippen LogP contribution in [0.5, 0.6) is 5.88 Å². The molecule has 0 aliphatic carbocycles. The number of nitrogens with zero attached hydrogens (tertiary/aromatic N) is 3. The van der Waals surface area contributed by atoms with Crippen LogP contribution in [0.2, 0.25) is 0 Å². The topological polar surface area (TPSA) is 125 Å². The van der Waals surface area contributed by atoms with Gasteiger partial charge in [-0.2, -0.15) is 4.98 Å². The van der Waals surface area contributed by atoms with Crippen molar-refractivity contribution >= 4 is 11.5 Å². The molecule has 1 aromatic heterocycles. The minimum Gasteiger partial charge on any atom is -0.464 e. The Morgan fingerprint density at radius 1 is 1.62 bits per heavy atom. The van der Waals surface area contributed by atoms with Crippen molar-refractivity contribution in [3.05, 3.63) is 16.4 Å². The molecule has 0 saturated carbocycles. The van der Waals surface area contributed by atoms with Crippen molar-refractivity contribution in [2.24, 2.45) is 5.84 Å². The number of nitrogens with one attached hydrogen (secondary N) is 1. The number of ether oxygens (including phenoxy) is 2. The standard InChI is InChI=1S/C7H9N5O4/c8-11-6-5(12(13)14)7(10-3-9-6)16-4-1-15-2-4/h3-4H,1-2,8H2,(H,9,10,11). The maximum Gasteiger partial charge on any atom is 0.374 e. The Bertz CT molecular complexity index is 408. The van der Waals surface area contributed by atoms with Crippen LogP contribution >= 0.6 is 0 Å². The van der Waals surface area contributed by atoms with Crippen molar-refractivity contribution in [2.75, 3.05) is 18.6 Å². The lowest BCUT2D eigenvalue weighted by molar-refractivity contribution is -0.385. The molecular formula is C7H9N5O4. The third-order valence-corrected chi connectivity index (χ3v) is 1.99. The van der Waals surface area contributed by atoms with Crippen LogP contribution in [-0.4, -0.2) is 34.2 Å². The first-order valence-electron chi connectivity index (χ1n) is 4.42. The highest BCUT2D eigenvalue weighted by Gasteiger charge is 2.29. The van der Waals surface area contributed by atoms with Gasteiger partial charge < -0.3 is 14.9 Å². The van der Waals surface area contributed by atoms with E-state index in [1.54, 1.807) is 0 Å². The fourth-order valence-corrected chi connectivity index (χ4v) is 1.16. The van der Waals surface area contributed by atoms with Gasteiger partial charge >= 0.3 is 5.69 Å². The Kier molecular flexibility index (Phi) is 2.79. The number of hydrogen-bond donors (Lipinski definition) is 2. The van der Waals surface area contributed by atoms with E-state index in [9.17, 15) is 10.1 Å². The van der Waals surface area contributed by atoms with Crippen molar-refractivity contribution < 1.29 is 14.4 Å². The van der Waals surface area contributed by atoms with Crippen LogP contribution < -0.4 is 16.0 Å². The highest BCUT2D eigenvalue weighted by atomic mass is 16.6. The van der Waals surface area contributed by atoms with Crippen LogP contribution in [0.1, 0.15) is 0 Å². The molecule has 0 spiro atoms. The van der Waals surface area contributed by atoms with Crippen molar-refractivity contribution in [1.82, 2.24) is 9.97 Å². The molecule has 0 radical (unpaired) electrons. The van der Waals surface area contributed by atoms with Crippen LogP contribution in [0.4, 0.5) is 11.5 Å². The molecule has 1 aromatic rings. The number of hydrogen-bond acceptors (Lipinski definition) is 8. The molecular weight excluding hydrogens is 218 g/mol. The Morgan fingerprint density at radius 3 is 2.88 bits per heavy atom. The first kappa shape index (κ1) is 10.5. The van der Waals surface area contributed by atoms with E-state index in [2.05, 4.69) is 15.4 Å². The van der Waals surface area contributed by atoms with E-state index in [1.807, 2.05) is 0 Å². The molecule has 2 heterocycles. The largest absolute Gasteiger partial charge is 0.464 e. The lowest BCUT2D eigenvalue weighted by Crippen LogP contribution is -2.39. The number of nitrogen functional groups attached to an aromatic ring is 1. The second-order valence-corrected chi connectivity index (χ2v) is 3.05. The predicted molar refractivity (Wildman–Crippen MR) is 51.7 cm³/mol. The molecule has 9 nitrogen and oxygen atoms in total. The van der Waals surface area contributed by atoms with E-state index in [-0.39, 0.29) is 23.5 Å². The molecule has 0 atom stereocenters. The molecule has 1 saturated heterocycles. The van der Waals surface area contributed by atoms with Gasteiger partial charge in [0.2, 0.25) is 5.82 Å². The molecule has 0 unspecified atom stereocenters. The van der Waals surface area contributed by atoms with E-state index in [0.29, 0.717) is 13.2 Å². The van der Waals surface area contributed by atoms with E-state index in [4.69, 9.17) is 15.3 Å². The van der Waals surface area contributed by atoms with E-state index >= 15 is 0 Å². The summed E-state index contributed by atoms with van der Waals surface area (Å²) in [6, 6.07) is 0. The van der Waals surface area contributed by atoms with Gasteiger partial charge in [0.25, 0.3) is 5.88 Å². The summed E-state index contributed by atoms with van der Waals surface area (Å²) in [6.45, 7) is 0.791. The first-order chi connectivity index (χ1) is 7.72. The van der Waals surface area contributed by atoms with Gasteiger partial charge in [0.05, 0.1) is 18.1 Å². The fourth-order valence-electron chi connectivity index (χ4n) is 1.16. The first-order valence-corrected chi connectivity index (χ1v) is 4.42. The lowest BCUT2D eigenvalue weighted by atomic mass is 10.3. The number of aromatic nitrogens is 2. The average Bonchev–Trinajstić information content (AvgIpc) is 2.22. The summed E-state index contributed by atoms with van der Waals surface area (Å²) in [5.41, 5.74) is 1.74. The Morgan fingerprint density at radius 2 is 2.38 bits per heavy atom. The highest BCUT2D eigenvalue weighted by Crippen LogP contribution is 2.31. The van der Waals surface area contributed by atoms with E-state index < -0.39 is 4.92 Å². The van der Waals surface area contributed by atoms with Crippen molar-refractivity contribution in [3.63, 3.8) is 0 Å². The summed E-state index contributed by atoms with van der Waals surface area (Å²) in [7, 11) is 0. The monoisotopic (exact) mass is 227 g/mol. The zero-order valence-corrected chi connectivity index (χ0v) is 8.12. The number of anilines is 1. The molecule has 2 rings (SSSR count). The molecule has 16 heavy (non-hydrogen) atoms. The minimum absolute atomic E-state index is 0.0877. The Labute approximate surface area is 89.7 Å². The maximum atomic E-state index is 10.8. The van der Waals surface area contributed by atoms with Crippen LogP contribution in [0.25, 0.3) is 0 Å². The van der Waals surface area contributed by atoms with Crippen LogP contribution in [0.15, 0.2) is 6.33 Å². The van der Waals surface area contributed by atoms with Crippen molar-refractivity contribution in [2.45, 2.75) is 6.10 Å². The summed E-state index contributed by atoms with van der Waals surface area (Å²) in [6.07, 6.45) is 0.927. The molecule has 0 aromatic carbocycles. The third-order valence-electron chi connectivity index (χ3n) is 1.99. The Hall–Kier alpha value is -2.00. The molecule has 9 heteroatoms. The number of nitrogens with two attached hydrogens (primary N) is 1. The second kappa shape index (κ2) is 4.24. The zero-order chi connectivity index (χ0) is 11.5. The molecule has 1 aliphatic heterocycles. The normalized spacial score (nSPS) is 15.3. The van der Waals surface area contributed by atoms with Gasteiger partial charge in [-0.15, -0.1) is 0 Å². The summed E-state index contributed by atoms with van der Waals surface area (Å²) >= 11 is 0. The Balaban J connectivity index is 2.30. The van der Waals surface area contributed by atoms with Crippen molar-refractivity contribution in [3.8, 4) is 5.88 Å². The lowest BCUT2D eigenvalue weighted by Gasteiger charge is -2.25. The predicted octanol–water partition coefficient (Wildman–Crippen LogP) is -0.552. The van der Waals surface area contributed by atoms with Crippen LogP contribution in [0, 0.1) is 10.1 Å². The SMILES string of the molecule is NNc1ncnc(OC2COC2)c1[N+](=O)[O-]. The zero-order valence-electron chi connectivity index (χ0n) is 8.12. The van der Waals surface area contributed by atoms with Gasteiger partial charge in [0, 0.05) is 0 Å². The highest BCUT2D eigenvalue weighted by molar-refractivity contribution is 5.60. The molecule has 1 fully saturated rings. The minimum atomic E-state index is -0.649. The van der Waals surface area contributed by atoms with Gasteiger partial charge in [-0.1, -0.05) is 0 Å². The molecule has 1 aliphatic rings. The quantitative estimate of drug-likeness (QED) is 0.398. The number of nitro groups is 1. The summed E-state index contributed by atoms with van der Waals surface area (Å²) in [4.78, 5) is 17.5. The summed E-state index contributed by atoms with van der Waals surface area (Å²) in [5, 5.41) is 10.8. The number of rotatable bonds is 4. The fraction of sp³-hybridized carbons (Fsp3) is 0.429. The van der Waals surface area contributed by atoms with Gasteiger partial charge in [-0.25, -0.2) is 10.8 Å². The van der Waals surface area contributed by atoms with Gasteiger partial charge in [0.1, 0.15) is 12.4 Å². The van der Waals surface area contributed by atoms with E-state index in [0.717, 1.165) is 6.33 Å². The van der Waals surface area contributed by atoms with Crippen LogP contribution in [-0.2, 0) is 4.74 Å². The van der Waals surface area contributed by atoms with Gasteiger partial charge in [-0.05, 0) is 0 Å². The average molecular weight is 227 g/mol. The van der Waals surface area contributed by atoms with Gasteiger partial charge in [-0.3, -0.25) is 10.1 Å². The number of hydrazine groups is 1. The van der Waals surface area contributed by atoms with Crippen LogP contribution in [0.3, 0.4) is 0 Å². The van der Waals surface area contributed by atoms with E-state index in [1.165, 1.54) is 0 Å². The van der Waals surface area contributed by atoms with Gasteiger partial charge in [0.15, 0.2) is 0 Å². The molecule has 0 bridgehead atoms. The molecule has 86 valence electrons. The van der Waals surface area contributed by atoms with Crippen molar-refractivity contribution in [1.29, 1.82) is 0 Å². The maximum absolute atomic E-state index is 10.8.